The maximum absolute atomic E-state index is 12.6. The SMILES string of the molecule is Cc1cccc(C(C)C)c1NC(=O)C1CC2C=CC1C2. The van der Waals surface area contributed by atoms with Crippen molar-refractivity contribution in [1.29, 1.82) is 0 Å². The lowest BCUT2D eigenvalue weighted by Crippen LogP contribution is -2.26. The van der Waals surface area contributed by atoms with Crippen LogP contribution in [-0.4, -0.2) is 5.91 Å². The number of aryl methyl sites for hydroxylation is 1. The van der Waals surface area contributed by atoms with Crippen molar-refractivity contribution < 1.29 is 4.79 Å². The van der Waals surface area contributed by atoms with Gasteiger partial charge < -0.3 is 5.32 Å². The number of benzene rings is 1. The Balaban J connectivity index is 1.81. The van der Waals surface area contributed by atoms with Gasteiger partial charge in [0.15, 0.2) is 0 Å². The number of nitrogens with one attached hydrogen (secondary N) is 1. The van der Waals surface area contributed by atoms with Crippen LogP contribution in [0.2, 0.25) is 0 Å². The van der Waals surface area contributed by atoms with Crippen LogP contribution in [-0.2, 0) is 4.79 Å². The van der Waals surface area contributed by atoms with Gasteiger partial charge in [-0.05, 0) is 48.6 Å². The highest BCUT2D eigenvalue weighted by Gasteiger charge is 2.39. The summed E-state index contributed by atoms with van der Waals surface area (Å²) in [6.45, 7) is 6.41. The Hall–Kier alpha value is -1.57. The number of fused-ring (bicyclic) bond motifs is 2. The van der Waals surface area contributed by atoms with Gasteiger partial charge in [-0.1, -0.05) is 44.2 Å². The standard InChI is InChI=1S/C18H23NO/c1-11(2)15-6-4-5-12(3)17(15)19-18(20)16-10-13-7-8-14(16)9-13/h4-8,11,13-14,16H,9-10H2,1-3H3,(H,19,20). The number of carbonyl (C=O) groups excluding carboxylic acids is 1. The van der Waals surface area contributed by atoms with Gasteiger partial charge in [-0.2, -0.15) is 0 Å². The Morgan fingerprint density at radius 1 is 1.25 bits per heavy atom. The van der Waals surface area contributed by atoms with E-state index in [2.05, 4.69) is 56.4 Å². The van der Waals surface area contributed by atoms with Crippen LogP contribution in [0.15, 0.2) is 30.4 Å². The van der Waals surface area contributed by atoms with Crippen molar-refractivity contribution in [3.05, 3.63) is 41.5 Å². The summed E-state index contributed by atoms with van der Waals surface area (Å²) in [6, 6.07) is 6.26. The average molecular weight is 269 g/mol. The molecule has 1 N–H and O–H groups in total. The molecule has 0 spiro atoms. The summed E-state index contributed by atoms with van der Waals surface area (Å²) in [5.74, 6) is 1.90. The molecular weight excluding hydrogens is 246 g/mol. The highest BCUT2D eigenvalue weighted by molar-refractivity contribution is 5.94. The molecular formula is C18H23NO. The first-order valence-corrected chi connectivity index (χ1v) is 7.65. The largest absolute Gasteiger partial charge is 0.325 e. The number of carbonyl (C=O) groups is 1. The third-order valence-corrected chi connectivity index (χ3v) is 4.79. The van der Waals surface area contributed by atoms with Crippen LogP contribution in [0, 0.1) is 24.7 Å². The summed E-state index contributed by atoms with van der Waals surface area (Å²) in [5.41, 5.74) is 3.42. The molecule has 1 saturated carbocycles. The topological polar surface area (TPSA) is 29.1 Å². The zero-order valence-corrected chi connectivity index (χ0v) is 12.5. The molecule has 20 heavy (non-hydrogen) atoms. The predicted molar refractivity (Wildman–Crippen MR) is 82.7 cm³/mol. The van der Waals surface area contributed by atoms with E-state index < -0.39 is 0 Å². The Morgan fingerprint density at radius 3 is 2.65 bits per heavy atom. The molecule has 2 bridgehead atoms. The summed E-state index contributed by atoms with van der Waals surface area (Å²) >= 11 is 0. The first-order valence-electron chi connectivity index (χ1n) is 7.65. The van der Waals surface area contributed by atoms with E-state index in [1.54, 1.807) is 0 Å². The second kappa shape index (κ2) is 5.08. The van der Waals surface area contributed by atoms with Crippen molar-refractivity contribution in [3.63, 3.8) is 0 Å². The normalized spacial score (nSPS) is 27.3. The van der Waals surface area contributed by atoms with Crippen LogP contribution in [0.4, 0.5) is 5.69 Å². The van der Waals surface area contributed by atoms with Gasteiger partial charge in [0.1, 0.15) is 0 Å². The van der Waals surface area contributed by atoms with E-state index in [0.29, 0.717) is 17.8 Å². The minimum absolute atomic E-state index is 0.171. The van der Waals surface area contributed by atoms with Gasteiger partial charge in [0.2, 0.25) is 5.91 Å². The van der Waals surface area contributed by atoms with Gasteiger partial charge >= 0.3 is 0 Å². The molecule has 1 aromatic carbocycles. The van der Waals surface area contributed by atoms with Crippen molar-refractivity contribution in [2.24, 2.45) is 17.8 Å². The van der Waals surface area contributed by atoms with Crippen LogP contribution in [0.1, 0.15) is 43.7 Å². The molecule has 0 aliphatic heterocycles. The second-order valence-corrected chi connectivity index (χ2v) is 6.57. The van der Waals surface area contributed by atoms with Crippen LogP contribution in [0.25, 0.3) is 0 Å². The lowest BCUT2D eigenvalue weighted by atomic mass is 9.92. The van der Waals surface area contributed by atoms with E-state index >= 15 is 0 Å². The molecule has 2 aliphatic carbocycles. The Bertz CT molecular complexity index is 559. The molecule has 106 valence electrons. The van der Waals surface area contributed by atoms with Crippen LogP contribution in [0.5, 0.6) is 0 Å². The Labute approximate surface area is 121 Å². The molecule has 1 aromatic rings. The van der Waals surface area contributed by atoms with Crippen molar-refractivity contribution >= 4 is 11.6 Å². The van der Waals surface area contributed by atoms with Crippen molar-refractivity contribution in [1.82, 2.24) is 0 Å². The molecule has 0 saturated heterocycles. The Morgan fingerprint density at radius 2 is 2.05 bits per heavy atom. The number of allylic oxidation sites excluding steroid dienone is 2. The maximum atomic E-state index is 12.6. The second-order valence-electron chi connectivity index (χ2n) is 6.57. The van der Waals surface area contributed by atoms with Gasteiger partial charge in [0, 0.05) is 11.6 Å². The summed E-state index contributed by atoms with van der Waals surface area (Å²) < 4.78 is 0. The maximum Gasteiger partial charge on any atom is 0.228 e. The molecule has 2 aliphatic rings. The fraction of sp³-hybridized carbons (Fsp3) is 0.500. The van der Waals surface area contributed by atoms with E-state index in [0.717, 1.165) is 17.7 Å². The number of hydrogen-bond acceptors (Lipinski definition) is 1. The van der Waals surface area contributed by atoms with Gasteiger partial charge in [-0.3, -0.25) is 4.79 Å². The lowest BCUT2D eigenvalue weighted by molar-refractivity contribution is -0.120. The minimum Gasteiger partial charge on any atom is -0.325 e. The van der Waals surface area contributed by atoms with E-state index in [9.17, 15) is 4.79 Å². The highest BCUT2D eigenvalue weighted by atomic mass is 16.1. The average Bonchev–Trinajstić information content (AvgIpc) is 3.03. The first kappa shape index (κ1) is 13.4. The summed E-state index contributed by atoms with van der Waals surface area (Å²) in [6.07, 6.45) is 6.71. The molecule has 1 fully saturated rings. The van der Waals surface area contributed by atoms with E-state index in [1.807, 2.05) is 0 Å². The molecule has 2 heteroatoms. The molecule has 0 radical (unpaired) electrons. The van der Waals surface area contributed by atoms with E-state index in [1.165, 1.54) is 12.0 Å². The van der Waals surface area contributed by atoms with Crippen LogP contribution in [0.3, 0.4) is 0 Å². The number of anilines is 1. The third-order valence-electron chi connectivity index (χ3n) is 4.79. The van der Waals surface area contributed by atoms with Crippen LogP contribution < -0.4 is 5.32 Å². The monoisotopic (exact) mass is 269 g/mol. The minimum atomic E-state index is 0.171. The third kappa shape index (κ3) is 2.28. The zero-order chi connectivity index (χ0) is 14.3. The summed E-state index contributed by atoms with van der Waals surface area (Å²) in [5, 5.41) is 3.21. The van der Waals surface area contributed by atoms with Gasteiger partial charge in [-0.25, -0.2) is 0 Å². The highest BCUT2D eigenvalue weighted by Crippen LogP contribution is 2.44. The summed E-state index contributed by atoms with van der Waals surface area (Å²) in [4.78, 5) is 12.6. The van der Waals surface area contributed by atoms with Crippen LogP contribution >= 0.6 is 0 Å². The zero-order valence-electron chi connectivity index (χ0n) is 12.5. The Kier molecular flexibility index (Phi) is 3.41. The van der Waals surface area contributed by atoms with Crippen molar-refractivity contribution in [2.75, 3.05) is 5.32 Å². The number of rotatable bonds is 3. The fourth-order valence-corrected chi connectivity index (χ4v) is 3.64. The van der Waals surface area contributed by atoms with Gasteiger partial charge in [0.25, 0.3) is 0 Å². The molecule has 2 nitrogen and oxygen atoms in total. The quantitative estimate of drug-likeness (QED) is 0.816. The van der Waals surface area contributed by atoms with Crippen molar-refractivity contribution in [2.45, 2.75) is 39.5 Å². The fourth-order valence-electron chi connectivity index (χ4n) is 3.64. The number of para-hydroxylation sites is 1. The summed E-state index contributed by atoms with van der Waals surface area (Å²) in [7, 11) is 0. The number of hydrogen-bond donors (Lipinski definition) is 1. The molecule has 3 rings (SSSR count). The van der Waals surface area contributed by atoms with Crippen molar-refractivity contribution in [3.8, 4) is 0 Å². The molecule has 0 heterocycles. The van der Waals surface area contributed by atoms with E-state index in [4.69, 9.17) is 0 Å². The molecule has 0 aromatic heterocycles. The predicted octanol–water partition coefficient (Wildman–Crippen LogP) is 4.27. The molecule has 3 atom stereocenters. The van der Waals surface area contributed by atoms with Gasteiger partial charge in [-0.15, -0.1) is 0 Å². The molecule has 1 amide bonds. The smallest absolute Gasteiger partial charge is 0.228 e. The van der Waals surface area contributed by atoms with E-state index in [-0.39, 0.29) is 11.8 Å². The molecule has 3 unspecified atom stereocenters. The van der Waals surface area contributed by atoms with Gasteiger partial charge in [0.05, 0.1) is 0 Å². The lowest BCUT2D eigenvalue weighted by Gasteiger charge is -2.21. The number of amides is 1. The first-order chi connectivity index (χ1) is 9.56.